The van der Waals surface area contributed by atoms with Crippen LogP contribution in [0.4, 0.5) is 0 Å². The van der Waals surface area contributed by atoms with Crippen molar-refractivity contribution in [2.24, 2.45) is 0 Å². The molecule has 1 atom stereocenters. The number of rotatable bonds is 5. The van der Waals surface area contributed by atoms with E-state index in [2.05, 4.69) is 30.1 Å². The quantitative estimate of drug-likeness (QED) is 0.760. The van der Waals surface area contributed by atoms with Crippen LogP contribution < -0.4 is 5.32 Å². The van der Waals surface area contributed by atoms with Crippen molar-refractivity contribution in [2.75, 3.05) is 13.1 Å². The number of hydrogen-bond acceptors (Lipinski definition) is 2. The fourth-order valence-corrected chi connectivity index (χ4v) is 2.96. The summed E-state index contributed by atoms with van der Waals surface area (Å²) in [4.78, 5) is 14.4. The van der Waals surface area contributed by atoms with Crippen molar-refractivity contribution in [3.63, 3.8) is 0 Å². The first-order valence-corrected chi connectivity index (χ1v) is 7.39. The Balaban J connectivity index is 1.82. The number of likely N-dealkylation sites (tertiary alicyclic amines) is 1. The third-order valence-electron chi connectivity index (χ3n) is 3.90. The highest BCUT2D eigenvalue weighted by atomic mass is 16.2. The van der Waals surface area contributed by atoms with Gasteiger partial charge in [-0.25, -0.2) is 0 Å². The number of amides is 1. The number of hydrogen-bond donors (Lipinski definition) is 1. The summed E-state index contributed by atoms with van der Waals surface area (Å²) in [5, 5.41) is 3.38. The molecule has 0 aromatic carbocycles. The zero-order valence-corrected chi connectivity index (χ0v) is 11.7. The van der Waals surface area contributed by atoms with Crippen LogP contribution in [-0.4, -0.2) is 36.0 Å². The monoisotopic (exact) mass is 250 g/mol. The first-order valence-electron chi connectivity index (χ1n) is 7.39. The maximum atomic E-state index is 12.3. The summed E-state index contributed by atoms with van der Waals surface area (Å²) in [7, 11) is 0. The van der Waals surface area contributed by atoms with Crippen molar-refractivity contribution >= 4 is 5.91 Å². The van der Waals surface area contributed by atoms with Crippen LogP contribution in [0.25, 0.3) is 0 Å². The molecule has 0 aromatic heterocycles. The zero-order chi connectivity index (χ0) is 13.0. The van der Waals surface area contributed by atoms with Gasteiger partial charge in [-0.05, 0) is 38.5 Å². The van der Waals surface area contributed by atoms with Crippen LogP contribution in [0, 0.1) is 0 Å². The van der Waals surface area contributed by atoms with Gasteiger partial charge in [-0.15, -0.1) is 0 Å². The predicted molar refractivity (Wildman–Crippen MR) is 74.4 cm³/mol. The van der Waals surface area contributed by atoms with Gasteiger partial charge in [0, 0.05) is 19.1 Å². The summed E-state index contributed by atoms with van der Waals surface area (Å²) in [5.41, 5.74) is 1.56. The van der Waals surface area contributed by atoms with E-state index in [0.29, 0.717) is 11.9 Å². The lowest BCUT2D eigenvalue weighted by molar-refractivity contribution is -0.136. The van der Waals surface area contributed by atoms with Gasteiger partial charge in [0.25, 0.3) is 0 Å². The van der Waals surface area contributed by atoms with E-state index in [1.54, 1.807) is 5.57 Å². The lowest BCUT2D eigenvalue weighted by atomic mass is 10.0. The van der Waals surface area contributed by atoms with E-state index in [1.165, 1.54) is 19.3 Å². The molecule has 0 radical (unpaired) electrons. The number of carbonyl (C=O) groups is 1. The van der Waals surface area contributed by atoms with Crippen molar-refractivity contribution in [3.05, 3.63) is 11.6 Å². The highest BCUT2D eigenvalue weighted by Crippen LogP contribution is 2.22. The molecule has 3 nitrogen and oxygen atoms in total. The number of carbonyl (C=O) groups excluding carboxylic acids is 1. The third-order valence-corrected chi connectivity index (χ3v) is 3.90. The molecule has 2 aliphatic rings. The van der Waals surface area contributed by atoms with Crippen molar-refractivity contribution in [1.29, 1.82) is 0 Å². The highest BCUT2D eigenvalue weighted by molar-refractivity contribution is 5.82. The number of nitrogens with one attached hydrogen (secondary N) is 1. The maximum absolute atomic E-state index is 12.3. The van der Waals surface area contributed by atoms with E-state index in [4.69, 9.17) is 0 Å². The summed E-state index contributed by atoms with van der Waals surface area (Å²) < 4.78 is 0. The Bertz CT molecular complexity index is 322. The normalized spacial score (nSPS) is 24.8. The second kappa shape index (κ2) is 6.37. The maximum Gasteiger partial charge on any atom is 0.239 e. The molecular formula is C15H26N2O. The SMILES string of the molecule is CC(C)NC1CCCN(CCC2=CCCC2)C1=O. The molecule has 102 valence electrons. The lowest BCUT2D eigenvalue weighted by Gasteiger charge is -2.33. The Morgan fingerprint density at radius 2 is 2.28 bits per heavy atom. The topological polar surface area (TPSA) is 32.3 Å². The fraction of sp³-hybridized carbons (Fsp3) is 0.800. The Morgan fingerprint density at radius 3 is 2.94 bits per heavy atom. The van der Waals surface area contributed by atoms with E-state index in [1.807, 2.05) is 0 Å². The van der Waals surface area contributed by atoms with Crippen molar-refractivity contribution in [3.8, 4) is 0 Å². The second-order valence-electron chi connectivity index (χ2n) is 5.85. The highest BCUT2D eigenvalue weighted by Gasteiger charge is 2.28. The standard InChI is InChI=1S/C15H26N2O/c1-12(2)16-14-8-5-10-17(15(14)18)11-9-13-6-3-4-7-13/h6,12,14,16H,3-5,7-11H2,1-2H3. The minimum absolute atomic E-state index is 0.0521. The minimum atomic E-state index is 0.0521. The molecule has 3 heteroatoms. The molecule has 1 unspecified atom stereocenters. The molecule has 1 fully saturated rings. The van der Waals surface area contributed by atoms with Crippen LogP contribution in [0.3, 0.4) is 0 Å². The van der Waals surface area contributed by atoms with E-state index < -0.39 is 0 Å². The molecule has 1 N–H and O–H groups in total. The minimum Gasteiger partial charge on any atom is -0.341 e. The van der Waals surface area contributed by atoms with Gasteiger partial charge in [0.1, 0.15) is 0 Å². The van der Waals surface area contributed by atoms with E-state index >= 15 is 0 Å². The first-order chi connectivity index (χ1) is 8.66. The number of piperidine rings is 1. The third kappa shape index (κ3) is 3.58. The molecule has 2 rings (SSSR count). The van der Waals surface area contributed by atoms with Gasteiger partial charge in [-0.1, -0.05) is 25.5 Å². The second-order valence-corrected chi connectivity index (χ2v) is 5.85. The Hall–Kier alpha value is -0.830. The van der Waals surface area contributed by atoms with Crippen LogP contribution in [0.2, 0.25) is 0 Å². The van der Waals surface area contributed by atoms with Gasteiger partial charge in [-0.2, -0.15) is 0 Å². The van der Waals surface area contributed by atoms with Gasteiger partial charge in [0.05, 0.1) is 6.04 Å². The number of allylic oxidation sites excluding steroid dienone is 1. The van der Waals surface area contributed by atoms with E-state index in [-0.39, 0.29) is 6.04 Å². The summed E-state index contributed by atoms with van der Waals surface area (Å²) >= 11 is 0. The molecule has 0 aromatic rings. The number of nitrogens with zero attached hydrogens (tertiary/aromatic N) is 1. The van der Waals surface area contributed by atoms with Gasteiger partial charge in [0.2, 0.25) is 5.91 Å². The summed E-state index contributed by atoms with van der Waals surface area (Å²) in [6.45, 7) is 6.08. The smallest absolute Gasteiger partial charge is 0.239 e. The molecule has 18 heavy (non-hydrogen) atoms. The van der Waals surface area contributed by atoms with Gasteiger partial charge in [-0.3, -0.25) is 4.79 Å². The Labute approximate surface area is 111 Å². The molecule has 1 saturated heterocycles. The summed E-state index contributed by atoms with van der Waals surface area (Å²) in [6, 6.07) is 0.438. The van der Waals surface area contributed by atoms with Crippen molar-refractivity contribution in [2.45, 2.75) is 64.5 Å². The van der Waals surface area contributed by atoms with E-state index in [9.17, 15) is 4.79 Å². The molecule has 0 spiro atoms. The Morgan fingerprint density at radius 1 is 1.44 bits per heavy atom. The molecular weight excluding hydrogens is 224 g/mol. The molecule has 1 amide bonds. The largest absolute Gasteiger partial charge is 0.341 e. The van der Waals surface area contributed by atoms with Crippen LogP contribution in [0.5, 0.6) is 0 Å². The summed E-state index contributed by atoms with van der Waals surface area (Å²) in [6.07, 6.45) is 9.36. The molecule has 1 heterocycles. The van der Waals surface area contributed by atoms with Crippen LogP contribution in [-0.2, 0) is 4.79 Å². The van der Waals surface area contributed by atoms with Crippen molar-refractivity contribution in [1.82, 2.24) is 10.2 Å². The average molecular weight is 250 g/mol. The van der Waals surface area contributed by atoms with Gasteiger partial charge < -0.3 is 10.2 Å². The van der Waals surface area contributed by atoms with Crippen molar-refractivity contribution < 1.29 is 4.79 Å². The van der Waals surface area contributed by atoms with Crippen LogP contribution in [0.15, 0.2) is 11.6 Å². The average Bonchev–Trinajstić information content (AvgIpc) is 2.83. The van der Waals surface area contributed by atoms with Crippen LogP contribution >= 0.6 is 0 Å². The first kappa shape index (κ1) is 13.6. The van der Waals surface area contributed by atoms with Gasteiger partial charge in [0.15, 0.2) is 0 Å². The van der Waals surface area contributed by atoms with Gasteiger partial charge >= 0.3 is 0 Å². The molecule has 0 bridgehead atoms. The zero-order valence-electron chi connectivity index (χ0n) is 11.7. The predicted octanol–water partition coefficient (Wildman–Crippen LogP) is 2.48. The van der Waals surface area contributed by atoms with Crippen LogP contribution in [0.1, 0.15) is 52.4 Å². The lowest BCUT2D eigenvalue weighted by Crippen LogP contribution is -2.52. The molecule has 0 saturated carbocycles. The van der Waals surface area contributed by atoms with E-state index in [0.717, 1.165) is 32.4 Å². The summed E-state index contributed by atoms with van der Waals surface area (Å²) in [5.74, 6) is 0.313. The Kier molecular flexibility index (Phi) is 4.81. The molecule has 1 aliphatic heterocycles. The molecule has 1 aliphatic carbocycles. The fourth-order valence-electron chi connectivity index (χ4n) is 2.96.